The summed E-state index contributed by atoms with van der Waals surface area (Å²) in [6.07, 6.45) is 5.38. The number of nitrogens with two attached hydrogens (primary N) is 2. The van der Waals surface area contributed by atoms with Gasteiger partial charge in [-0.15, -0.1) is 22.7 Å². The first-order chi connectivity index (χ1) is 39.4. The molecule has 0 spiro atoms. The molecule has 4 amide bonds. The SMILES string of the molecule is CC(C)(C)OC(=O)NC(CF)C(=O)O.NC(CF)C(=O)N[C@H](C(=O)N1CCC[C@H]1c1nc(-c2ccc(F)c3ccccc23)cs1)C1CCOCC1.N[C@H](C(=O)N1CCC[C@H]1c1nc(-c2ccc(F)c3ccccc23)cs1)C1CCOCC1. The minimum Gasteiger partial charge on any atom is -0.480 e. The van der Waals surface area contributed by atoms with Crippen LogP contribution in [0.15, 0.2) is 83.6 Å². The number of amides is 4. The Bertz CT molecular complexity index is 3190. The maximum atomic E-state index is 14.3. The summed E-state index contributed by atoms with van der Waals surface area (Å²) >= 11 is 3.03. The molecule has 17 nitrogen and oxygen atoms in total. The predicted octanol–water partition coefficient (Wildman–Crippen LogP) is 9.43. The molecular formula is C59H70F4N8O9S2. The van der Waals surface area contributed by atoms with Crippen LogP contribution in [0.3, 0.4) is 0 Å². The van der Waals surface area contributed by atoms with Crippen molar-refractivity contribution in [1.82, 2.24) is 30.4 Å². The van der Waals surface area contributed by atoms with Crippen molar-refractivity contribution in [3.63, 3.8) is 0 Å². The fourth-order valence-electron chi connectivity index (χ4n) is 10.7. The molecule has 4 fully saturated rings. The Morgan fingerprint density at radius 2 is 1.13 bits per heavy atom. The molecule has 0 bridgehead atoms. The average molecular weight is 1180 g/mol. The third-order valence-electron chi connectivity index (χ3n) is 15.0. The van der Waals surface area contributed by atoms with Gasteiger partial charge in [-0.05, 0) is 119 Å². The van der Waals surface area contributed by atoms with E-state index < -0.39 is 61.1 Å². The highest BCUT2D eigenvalue weighted by Gasteiger charge is 2.41. The maximum Gasteiger partial charge on any atom is 0.408 e. The van der Waals surface area contributed by atoms with Gasteiger partial charge in [-0.1, -0.05) is 48.5 Å². The van der Waals surface area contributed by atoms with Crippen LogP contribution >= 0.6 is 22.7 Å². The molecule has 0 saturated carbocycles. The number of nitrogens with one attached hydrogen (secondary N) is 2. The summed E-state index contributed by atoms with van der Waals surface area (Å²) in [5.74, 6) is -2.71. The Kier molecular flexibility index (Phi) is 21.1. The van der Waals surface area contributed by atoms with E-state index in [0.29, 0.717) is 56.6 Å². The maximum absolute atomic E-state index is 14.3. The largest absolute Gasteiger partial charge is 0.480 e. The van der Waals surface area contributed by atoms with Gasteiger partial charge in [0.05, 0.1) is 29.5 Å². The number of aliphatic carboxylic acids is 1. The number of thiazole rings is 2. The van der Waals surface area contributed by atoms with Crippen LogP contribution in [-0.4, -0.2) is 137 Å². The normalized spacial score (nSPS) is 19.3. The van der Waals surface area contributed by atoms with Crippen molar-refractivity contribution in [2.45, 2.75) is 114 Å². The molecule has 10 rings (SSSR count). The van der Waals surface area contributed by atoms with Crippen molar-refractivity contribution in [2.75, 3.05) is 52.9 Å². The molecular weight excluding hydrogens is 1100 g/mol. The highest BCUT2D eigenvalue weighted by atomic mass is 32.1. The Balaban J connectivity index is 0.000000177. The monoisotopic (exact) mass is 1170 g/mol. The number of carbonyl (C=O) groups is 5. The first kappa shape index (κ1) is 61.4. The van der Waals surface area contributed by atoms with Crippen LogP contribution in [0.4, 0.5) is 22.4 Å². The van der Waals surface area contributed by atoms with E-state index in [1.165, 1.54) is 23.5 Å². The number of likely N-dealkylation sites (tertiary alicyclic amines) is 2. The highest BCUT2D eigenvalue weighted by Crippen LogP contribution is 2.41. The smallest absolute Gasteiger partial charge is 0.408 e. The van der Waals surface area contributed by atoms with Gasteiger partial charge < -0.3 is 51.2 Å². The third-order valence-corrected chi connectivity index (χ3v) is 16.9. The minimum atomic E-state index is -1.55. The molecule has 7 N–H and O–H groups in total. The number of fused-ring (bicyclic) bond motifs is 2. The average Bonchev–Trinajstić information content (AvgIpc) is 4.44. The molecule has 440 valence electrons. The van der Waals surface area contributed by atoms with Gasteiger partial charge in [0.25, 0.3) is 0 Å². The van der Waals surface area contributed by atoms with Crippen LogP contribution in [0.2, 0.25) is 0 Å². The van der Waals surface area contributed by atoms with Crippen molar-refractivity contribution in [3.8, 4) is 22.5 Å². The van der Waals surface area contributed by atoms with Gasteiger partial charge in [-0.25, -0.2) is 37.1 Å². The van der Waals surface area contributed by atoms with Crippen molar-refractivity contribution < 1.29 is 60.9 Å². The number of hydrogen-bond donors (Lipinski definition) is 5. The van der Waals surface area contributed by atoms with E-state index in [9.17, 15) is 41.5 Å². The zero-order valence-electron chi connectivity index (χ0n) is 46.0. The summed E-state index contributed by atoms with van der Waals surface area (Å²) in [4.78, 5) is 74.3. The van der Waals surface area contributed by atoms with Crippen molar-refractivity contribution in [2.24, 2.45) is 23.3 Å². The van der Waals surface area contributed by atoms with Crippen molar-refractivity contribution in [1.29, 1.82) is 0 Å². The number of benzene rings is 4. The second-order valence-electron chi connectivity index (χ2n) is 21.7. The summed E-state index contributed by atoms with van der Waals surface area (Å²) in [5, 5.41) is 21.5. The van der Waals surface area contributed by atoms with E-state index in [1.807, 2.05) is 51.3 Å². The molecule has 4 aliphatic heterocycles. The molecule has 0 radical (unpaired) electrons. The number of alkyl carbamates (subject to hydrolysis) is 1. The molecule has 2 unspecified atom stereocenters. The van der Waals surface area contributed by atoms with E-state index in [-0.39, 0.29) is 47.4 Å². The van der Waals surface area contributed by atoms with E-state index in [2.05, 4.69) is 5.32 Å². The zero-order valence-corrected chi connectivity index (χ0v) is 47.6. The minimum absolute atomic E-state index is 0.0263. The summed E-state index contributed by atoms with van der Waals surface area (Å²) in [6.45, 7) is 6.33. The molecule has 6 heterocycles. The number of carboxylic acid groups (broad SMARTS) is 1. The summed E-state index contributed by atoms with van der Waals surface area (Å²) in [6, 6.07) is 16.8. The second kappa shape index (κ2) is 28.1. The lowest BCUT2D eigenvalue weighted by molar-refractivity contribution is -0.140. The van der Waals surface area contributed by atoms with Gasteiger partial charge in [-0.2, -0.15) is 0 Å². The third kappa shape index (κ3) is 14.9. The topological polar surface area (TPSA) is 242 Å². The Morgan fingerprint density at radius 1 is 0.671 bits per heavy atom. The molecule has 6 atom stereocenters. The molecule has 4 saturated heterocycles. The molecule has 82 heavy (non-hydrogen) atoms. The van der Waals surface area contributed by atoms with Gasteiger partial charge >= 0.3 is 12.1 Å². The van der Waals surface area contributed by atoms with E-state index in [4.69, 9.17) is 40.8 Å². The van der Waals surface area contributed by atoms with Gasteiger partial charge in [-0.3, -0.25) is 14.4 Å². The quantitative estimate of drug-likeness (QED) is 0.0639. The van der Waals surface area contributed by atoms with Crippen LogP contribution in [0, 0.1) is 23.5 Å². The zero-order chi connectivity index (χ0) is 58.7. The van der Waals surface area contributed by atoms with Gasteiger partial charge in [0.2, 0.25) is 17.7 Å². The number of carboxylic acids is 1. The summed E-state index contributed by atoms with van der Waals surface area (Å²) in [7, 11) is 0. The van der Waals surface area contributed by atoms with Gasteiger partial charge in [0.1, 0.15) is 52.7 Å². The molecule has 6 aromatic rings. The number of ether oxygens (including phenoxy) is 3. The molecule has 23 heteroatoms. The molecule has 0 aliphatic carbocycles. The molecule has 4 aromatic carbocycles. The number of aromatic nitrogens is 2. The van der Waals surface area contributed by atoms with Crippen LogP contribution in [0.1, 0.15) is 94.2 Å². The lowest BCUT2D eigenvalue weighted by Gasteiger charge is -2.34. The number of nitrogens with zero attached hydrogens (tertiary/aromatic N) is 4. The summed E-state index contributed by atoms with van der Waals surface area (Å²) in [5.41, 5.74) is 14.6. The summed E-state index contributed by atoms with van der Waals surface area (Å²) < 4.78 is 69.3. The predicted molar refractivity (Wildman–Crippen MR) is 305 cm³/mol. The van der Waals surface area contributed by atoms with Gasteiger partial charge in [0.15, 0.2) is 6.04 Å². The van der Waals surface area contributed by atoms with E-state index in [0.717, 1.165) is 88.4 Å². The number of halogens is 4. The molecule has 2 aromatic heterocycles. The van der Waals surface area contributed by atoms with Crippen LogP contribution in [0.25, 0.3) is 44.1 Å². The number of carbonyl (C=O) groups excluding carboxylic acids is 4. The Hall–Kier alpha value is -6.63. The number of rotatable bonds is 14. The standard InChI is InChI=1S/C27H30F2N4O3S.C24H26FN3O2S.C8H14FNO4/c28-14-21(30)25(34)32-24(16-9-12-36-13-10-16)27(35)33-11-3-6-23(33)26-31-22(15-37-26)19-7-8-20(29)18-5-2-1-4-17(18)19;25-19-8-7-18(16-4-1-2-5-17(16)19)20-14-31-23(27-20)21-6-3-11-28(21)24(29)22(26)15-9-12-30-13-10-15;1-8(2,3)14-7(13)10-5(4-9)6(11)12/h1-2,4-5,7-8,15-16,21,23-24H,3,6,9-14,30H2,(H,32,34);1-2,4-5,7-8,14-15,21-22H,3,6,9-13,26H2;5H,4H2,1-3H3,(H,10,13)(H,11,12)/t21?,23-,24-;21-,22-;/m00./s1. The van der Waals surface area contributed by atoms with E-state index in [1.54, 1.807) is 67.3 Å². The molecule has 4 aliphatic rings. The second-order valence-corrected chi connectivity index (χ2v) is 23.4. The number of hydrogen-bond acceptors (Lipinski definition) is 14. The van der Waals surface area contributed by atoms with Crippen molar-refractivity contribution >= 4 is 74.0 Å². The van der Waals surface area contributed by atoms with Crippen LogP contribution < -0.4 is 22.1 Å². The first-order valence-electron chi connectivity index (χ1n) is 27.6. The fourth-order valence-corrected chi connectivity index (χ4v) is 12.6. The van der Waals surface area contributed by atoms with E-state index >= 15 is 0 Å². The van der Waals surface area contributed by atoms with Crippen molar-refractivity contribution in [3.05, 3.63) is 105 Å². The van der Waals surface area contributed by atoms with Gasteiger partial charge in [0, 0.05) is 72.2 Å². The number of alkyl halides is 2. The lowest BCUT2D eigenvalue weighted by atomic mass is 9.90. The Labute approximate surface area is 481 Å². The van der Waals surface area contributed by atoms with Crippen LogP contribution in [0.5, 0.6) is 0 Å². The van der Waals surface area contributed by atoms with Crippen LogP contribution in [-0.2, 0) is 33.4 Å². The Morgan fingerprint density at radius 3 is 1.59 bits per heavy atom. The highest BCUT2D eigenvalue weighted by molar-refractivity contribution is 7.10. The lowest BCUT2D eigenvalue weighted by Crippen LogP contribution is -2.56. The fraction of sp³-hybridized carbons (Fsp3) is 0.475. The first-order valence-corrected chi connectivity index (χ1v) is 29.3.